The van der Waals surface area contributed by atoms with Crippen LogP contribution in [0.4, 0.5) is 18.9 Å². The van der Waals surface area contributed by atoms with Gasteiger partial charge in [0.05, 0.1) is 46.6 Å². The number of morpholine rings is 1. The van der Waals surface area contributed by atoms with Crippen LogP contribution in [0.5, 0.6) is 0 Å². The molecule has 0 atom stereocenters. The Morgan fingerprint density at radius 1 is 1.06 bits per heavy atom. The number of pyridine rings is 1. The third-order valence-corrected chi connectivity index (χ3v) is 5.69. The standard InChI is InChI=1S/C23H19F3N4O2/c24-23(25,26)14-3-1-13(2-4-14)18-12-17(22(27)31)21-20(28-18)16-6-5-15(11-19(16)29-21)30-7-9-32-10-8-30/h1-6,11-12,29H,7-10H2,(H2,27,31). The van der Waals surface area contributed by atoms with Crippen LogP contribution < -0.4 is 10.6 Å². The fourth-order valence-electron chi connectivity index (χ4n) is 4.03. The predicted molar refractivity (Wildman–Crippen MR) is 116 cm³/mol. The van der Waals surface area contributed by atoms with E-state index in [9.17, 15) is 18.0 Å². The highest BCUT2D eigenvalue weighted by Crippen LogP contribution is 2.34. The number of anilines is 1. The number of ether oxygens (including phenoxy) is 1. The zero-order valence-electron chi connectivity index (χ0n) is 16.9. The first kappa shape index (κ1) is 20.3. The molecular weight excluding hydrogens is 421 g/mol. The molecule has 1 aliphatic rings. The van der Waals surface area contributed by atoms with Crippen LogP contribution in [-0.4, -0.2) is 42.2 Å². The number of rotatable bonds is 3. The highest BCUT2D eigenvalue weighted by molar-refractivity contribution is 6.14. The maximum absolute atomic E-state index is 12.9. The van der Waals surface area contributed by atoms with Gasteiger partial charge in [-0.15, -0.1) is 0 Å². The van der Waals surface area contributed by atoms with E-state index in [-0.39, 0.29) is 5.56 Å². The van der Waals surface area contributed by atoms with Crippen LogP contribution >= 0.6 is 0 Å². The third kappa shape index (κ3) is 3.54. The second-order valence-electron chi connectivity index (χ2n) is 7.67. The summed E-state index contributed by atoms with van der Waals surface area (Å²) in [6.07, 6.45) is -4.43. The first-order chi connectivity index (χ1) is 15.3. The van der Waals surface area contributed by atoms with Gasteiger partial charge in [-0.3, -0.25) is 4.79 Å². The van der Waals surface area contributed by atoms with Crippen LogP contribution in [0, 0.1) is 0 Å². The number of aromatic nitrogens is 2. The molecule has 1 amide bonds. The number of carbonyl (C=O) groups is 1. The Bertz CT molecular complexity index is 1320. The molecule has 0 bridgehead atoms. The molecule has 9 heteroatoms. The number of H-pyrrole nitrogens is 1. The normalized spacial score (nSPS) is 14.9. The summed E-state index contributed by atoms with van der Waals surface area (Å²) in [7, 11) is 0. The van der Waals surface area contributed by atoms with Gasteiger partial charge in [0, 0.05) is 29.7 Å². The zero-order valence-corrected chi connectivity index (χ0v) is 16.9. The Labute approximate surface area is 180 Å². The van der Waals surface area contributed by atoms with E-state index in [4.69, 9.17) is 10.5 Å². The molecular formula is C23H19F3N4O2. The van der Waals surface area contributed by atoms with Gasteiger partial charge in [-0.25, -0.2) is 4.98 Å². The van der Waals surface area contributed by atoms with Crippen molar-refractivity contribution in [1.82, 2.24) is 9.97 Å². The number of alkyl halides is 3. The summed E-state index contributed by atoms with van der Waals surface area (Å²) in [4.78, 5) is 22.3. The van der Waals surface area contributed by atoms with Crippen molar-refractivity contribution in [3.8, 4) is 11.3 Å². The third-order valence-electron chi connectivity index (χ3n) is 5.69. The van der Waals surface area contributed by atoms with Crippen molar-refractivity contribution in [2.45, 2.75) is 6.18 Å². The lowest BCUT2D eigenvalue weighted by Gasteiger charge is -2.28. The minimum Gasteiger partial charge on any atom is -0.378 e. The molecule has 32 heavy (non-hydrogen) atoms. The highest BCUT2D eigenvalue weighted by atomic mass is 19.4. The van der Waals surface area contributed by atoms with Crippen LogP contribution in [0.25, 0.3) is 33.2 Å². The van der Waals surface area contributed by atoms with Gasteiger partial charge < -0.3 is 20.4 Å². The Balaban J connectivity index is 1.64. The molecule has 6 nitrogen and oxygen atoms in total. The quantitative estimate of drug-likeness (QED) is 0.497. The number of nitrogens with one attached hydrogen (secondary N) is 1. The number of benzene rings is 2. The van der Waals surface area contributed by atoms with Crippen molar-refractivity contribution in [2.75, 3.05) is 31.2 Å². The average Bonchev–Trinajstić information content (AvgIpc) is 3.16. The minimum absolute atomic E-state index is 0.231. The van der Waals surface area contributed by atoms with Gasteiger partial charge in [0.2, 0.25) is 0 Å². The van der Waals surface area contributed by atoms with Gasteiger partial charge >= 0.3 is 6.18 Å². The summed E-state index contributed by atoms with van der Waals surface area (Å²) in [5.74, 6) is -0.648. The van der Waals surface area contributed by atoms with Crippen LogP contribution in [-0.2, 0) is 10.9 Å². The van der Waals surface area contributed by atoms with E-state index < -0.39 is 17.6 Å². The molecule has 3 heterocycles. The number of aromatic amines is 1. The molecule has 0 radical (unpaired) electrons. The Kier molecular flexibility index (Phi) is 4.78. The number of hydrogen-bond donors (Lipinski definition) is 2. The summed E-state index contributed by atoms with van der Waals surface area (Å²) >= 11 is 0. The molecule has 2 aromatic carbocycles. The molecule has 0 saturated carbocycles. The smallest absolute Gasteiger partial charge is 0.378 e. The van der Waals surface area contributed by atoms with E-state index in [0.717, 1.165) is 41.8 Å². The minimum atomic E-state index is -4.43. The van der Waals surface area contributed by atoms with Crippen LogP contribution in [0.15, 0.2) is 48.5 Å². The number of nitrogens with two attached hydrogens (primary N) is 1. The molecule has 1 fully saturated rings. The lowest BCUT2D eigenvalue weighted by molar-refractivity contribution is -0.137. The summed E-state index contributed by atoms with van der Waals surface area (Å²) < 4.78 is 44.1. The number of hydrogen-bond acceptors (Lipinski definition) is 4. The molecule has 2 aromatic heterocycles. The fourth-order valence-corrected chi connectivity index (χ4v) is 4.03. The second-order valence-corrected chi connectivity index (χ2v) is 7.67. The maximum Gasteiger partial charge on any atom is 0.416 e. The summed E-state index contributed by atoms with van der Waals surface area (Å²) in [5, 5.41) is 0.799. The van der Waals surface area contributed by atoms with E-state index >= 15 is 0 Å². The highest BCUT2D eigenvalue weighted by Gasteiger charge is 2.30. The van der Waals surface area contributed by atoms with Crippen molar-refractivity contribution in [3.05, 3.63) is 59.7 Å². The Morgan fingerprint density at radius 2 is 1.78 bits per heavy atom. The van der Waals surface area contributed by atoms with Gasteiger partial charge in [0.1, 0.15) is 0 Å². The number of halogens is 3. The van der Waals surface area contributed by atoms with Crippen LogP contribution in [0.3, 0.4) is 0 Å². The number of amides is 1. The molecule has 1 aliphatic heterocycles. The lowest BCUT2D eigenvalue weighted by atomic mass is 10.0. The van der Waals surface area contributed by atoms with Crippen molar-refractivity contribution < 1.29 is 22.7 Å². The Hall–Kier alpha value is -3.59. The molecule has 4 aromatic rings. The van der Waals surface area contributed by atoms with Crippen molar-refractivity contribution in [2.24, 2.45) is 5.73 Å². The molecule has 0 unspecified atom stereocenters. The predicted octanol–water partition coefficient (Wildman–Crippen LogP) is 4.34. The SMILES string of the molecule is NC(=O)c1cc(-c2ccc(C(F)(F)F)cc2)nc2c1[nH]c1cc(N3CCOCC3)ccc12. The summed E-state index contributed by atoms with van der Waals surface area (Å²) in [6, 6.07) is 12.1. The van der Waals surface area contributed by atoms with Gasteiger partial charge in [-0.2, -0.15) is 13.2 Å². The van der Waals surface area contributed by atoms with E-state index in [1.807, 2.05) is 18.2 Å². The van der Waals surface area contributed by atoms with E-state index in [1.165, 1.54) is 18.2 Å². The molecule has 5 rings (SSSR count). The monoisotopic (exact) mass is 440 g/mol. The van der Waals surface area contributed by atoms with Crippen LogP contribution in [0.2, 0.25) is 0 Å². The first-order valence-corrected chi connectivity index (χ1v) is 10.1. The van der Waals surface area contributed by atoms with Gasteiger partial charge in [-0.1, -0.05) is 12.1 Å². The largest absolute Gasteiger partial charge is 0.416 e. The zero-order chi connectivity index (χ0) is 22.5. The topological polar surface area (TPSA) is 84.2 Å². The number of carbonyl (C=O) groups excluding carboxylic acids is 1. The molecule has 164 valence electrons. The Morgan fingerprint density at radius 3 is 2.44 bits per heavy atom. The molecule has 1 saturated heterocycles. The summed E-state index contributed by atoms with van der Waals surface area (Å²) in [5.41, 5.74) is 8.80. The molecule has 0 spiro atoms. The van der Waals surface area contributed by atoms with Crippen molar-refractivity contribution in [3.63, 3.8) is 0 Å². The lowest BCUT2D eigenvalue weighted by Crippen LogP contribution is -2.36. The van der Waals surface area contributed by atoms with Crippen molar-refractivity contribution in [1.29, 1.82) is 0 Å². The maximum atomic E-state index is 12.9. The van der Waals surface area contributed by atoms with E-state index in [1.54, 1.807) is 0 Å². The second kappa shape index (κ2) is 7.52. The van der Waals surface area contributed by atoms with Gasteiger partial charge in [0.15, 0.2) is 0 Å². The summed E-state index contributed by atoms with van der Waals surface area (Å²) in [6.45, 7) is 2.90. The molecule has 0 aliphatic carbocycles. The number of nitrogens with zero attached hydrogens (tertiary/aromatic N) is 2. The first-order valence-electron chi connectivity index (χ1n) is 10.1. The van der Waals surface area contributed by atoms with Gasteiger partial charge in [0.25, 0.3) is 5.91 Å². The number of primary amides is 1. The molecule has 3 N–H and O–H groups in total. The average molecular weight is 440 g/mol. The van der Waals surface area contributed by atoms with E-state index in [2.05, 4.69) is 14.9 Å². The van der Waals surface area contributed by atoms with Crippen LogP contribution in [0.1, 0.15) is 15.9 Å². The van der Waals surface area contributed by atoms with Gasteiger partial charge in [-0.05, 0) is 36.4 Å². The van der Waals surface area contributed by atoms with Crippen molar-refractivity contribution >= 4 is 33.5 Å². The van der Waals surface area contributed by atoms with E-state index in [0.29, 0.717) is 35.5 Å². The fraction of sp³-hybridized carbons (Fsp3) is 0.217. The number of fused-ring (bicyclic) bond motifs is 3.